The predicted octanol–water partition coefficient (Wildman–Crippen LogP) is 0.462. The minimum atomic E-state index is -1.01. The second-order valence-corrected chi connectivity index (χ2v) is 3.87. The number of para-hydroxylation sites is 1. The van der Waals surface area contributed by atoms with Gasteiger partial charge in [0.2, 0.25) is 5.76 Å². The van der Waals surface area contributed by atoms with Crippen LogP contribution in [0.2, 0.25) is 0 Å². The summed E-state index contributed by atoms with van der Waals surface area (Å²) in [4.78, 5) is 37.6. The molecule has 0 heterocycles. The lowest BCUT2D eigenvalue weighted by Crippen LogP contribution is -2.17. The van der Waals surface area contributed by atoms with Gasteiger partial charge in [-0.1, -0.05) is 17.3 Å². The van der Waals surface area contributed by atoms with Crippen LogP contribution in [-0.2, 0) is 23.9 Å². The fourth-order valence-electron chi connectivity index (χ4n) is 1.39. The van der Waals surface area contributed by atoms with E-state index in [2.05, 4.69) is 14.6 Å². The molecule has 0 aliphatic heterocycles. The maximum absolute atomic E-state index is 11.4. The smallest absolute Gasteiger partial charge is 0.377 e. The van der Waals surface area contributed by atoms with Crippen molar-refractivity contribution in [2.24, 2.45) is 10.9 Å². The van der Waals surface area contributed by atoms with Gasteiger partial charge in [0, 0.05) is 6.07 Å². The second-order valence-electron chi connectivity index (χ2n) is 3.87. The van der Waals surface area contributed by atoms with Gasteiger partial charge in [-0.3, -0.25) is 10.1 Å². The van der Waals surface area contributed by atoms with Crippen LogP contribution >= 0.6 is 0 Å². The summed E-state index contributed by atoms with van der Waals surface area (Å²) in [6, 6.07) is 5.54. The molecule has 0 atom stereocenters. The number of nitro benzene ring substituents is 1. The van der Waals surface area contributed by atoms with Gasteiger partial charge in [-0.25, -0.2) is 9.59 Å². The summed E-state index contributed by atoms with van der Waals surface area (Å²) in [5.41, 5.74) is 5.30. The highest BCUT2D eigenvalue weighted by Gasteiger charge is 2.18. The van der Waals surface area contributed by atoms with E-state index in [1.807, 2.05) is 0 Å². The van der Waals surface area contributed by atoms with E-state index in [0.29, 0.717) is 6.08 Å². The fraction of sp³-hybridized carbons (Fsp3) is 0.154. The van der Waals surface area contributed by atoms with Gasteiger partial charge >= 0.3 is 11.9 Å². The maximum Gasteiger partial charge on any atom is 0.377 e. The van der Waals surface area contributed by atoms with E-state index < -0.39 is 22.6 Å². The average Bonchev–Trinajstić information content (AvgIpc) is 2.57. The number of methoxy groups -OCH3 is 2. The largest absolute Gasteiger partial charge is 0.466 e. The summed E-state index contributed by atoms with van der Waals surface area (Å²) in [5.74, 6) is -2.85. The Morgan fingerprint density at radius 1 is 1.26 bits per heavy atom. The minimum Gasteiger partial charge on any atom is -0.466 e. The summed E-state index contributed by atoms with van der Waals surface area (Å²) < 4.78 is 8.74. The molecule has 23 heavy (non-hydrogen) atoms. The van der Waals surface area contributed by atoms with E-state index in [-0.39, 0.29) is 17.1 Å². The highest BCUT2D eigenvalue weighted by Crippen LogP contribution is 2.17. The Morgan fingerprint density at radius 2 is 1.91 bits per heavy atom. The molecule has 0 aliphatic rings. The topological polar surface area (TPSA) is 143 Å². The van der Waals surface area contributed by atoms with Gasteiger partial charge < -0.3 is 20.0 Å². The van der Waals surface area contributed by atoms with Crippen LogP contribution in [0.25, 0.3) is 0 Å². The number of benzene rings is 1. The third kappa shape index (κ3) is 4.81. The number of nitrogens with zero attached hydrogens (tertiary/aromatic N) is 2. The molecule has 0 bridgehead atoms. The zero-order chi connectivity index (χ0) is 17.4. The number of hydrogen-bond acceptors (Lipinski definition) is 8. The number of carbonyl (C=O) groups is 2. The Balaban J connectivity index is 3.10. The molecule has 0 unspecified atom stereocenters. The SMILES string of the molecule is COC(=O)/C=C(/O/N=C(\N)c1ccccc1[N+](=O)[O-])C(=O)OC. The van der Waals surface area contributed by atoms with E-state index in [4.69, 9.17) is 10.6 Å². The Morgan fingerprint density at radius 3 is 2.48 bits per heavy atom. The Hall–Kier alpha value is -3.43. The first-order valence-corrected chi connectivity index (χ1v) is 6.03. The van der Waals surface area contributed by atoms with Crippen LogP contribution in [-0.4, -0.2) is 36.9 Å². The standard InChI is InChI=1S/C13H13N3O7/c1-21-11(17)7-10(13(18)22-2)23-15-12(14)8-5-3-4-6-9(8)16(19)20/h3-7H,1-2H3,(H2,14,15)/b10-7+. The minimum absolute atomic E-state index is 0.0141. The monoisotopic (exact) mass is 323 g/mol. The average molecular weight is 323 g/mol. The molecule has 122 valence electrons. The third-order valence-electron chi connectivity index (χ3n) is 2.46. The number of nitrogens with two attached hydrogens (primary N) is 1. The summed E-state index contributed by atoms with van der Waals surface area (Å²) >= 11 is 0. The van der Waals surface area contributed by atoms with Crippen molar-refractivity contribution in [2.45, 2.75) is 0 Å². The Labute approximate surface area is 130 Å². The van der Waals surface area contributed by atoms with Crippen molar-refractivity contribution in [1.29, 1.82) is 0 Å². The second kappa shape index (κ2) is 8.12. The van der Waals surface area contributed by atoms with Crippen molar-refractivity contribution in [1.82, 2.24) is 0 Å². The molecule has 0 saturated carbocycles. The lowest BCUT2D eigenvalue weighted by molar-refractivity contribution is -0.385. The van der Waals surface area contributed by atoms with E-state index in [1.54, 1.807) is 0 Å². The molecule has 0 radical (unpaired) electrons. The molecule has 10 nitrogen and oxygen atoms in total. The number of rotatable bonds is 6. The maximum atomic E-state index is 11.4. The van der Waals surface area contributed by atoms with Crippen LogP contribution in [0, 0.1) is 10.1 Å². The number of amidine groups is 1. The summed E-state index contributed by atoms with van der Waals surface area (Å²) in [6.45, 7) is 0. The fourth-order valence-corrected chi connectivity index (χ4v) is 1.39. The van der Waals surface area contributed by atoms with Crippen LogP contribution in [0.4, 0.5) is 5.69 Å². The van der Waals surface area contributed by atoms with Crippen molar-refractivity contribution >= 4 is 23.5 Å². The van der Waals surface area contributed by atoms with Gasteiger partial charge in [-0.2, -0.15) is 0 Å². The molecule has 10 heteroatoms. The number of oxime groups is 1. The summed E-state index contributed by atoms with van der Waals surface area (Å²) in [7, 11) is 2.16. The predicted molar refractivity (Wildman–Crippen MR) is 77.0 cm³/mol. The third-order valence-corrected chi connectivity index (χ3v) is 2.46. The lowest BCUT2D eigenvalue weighted by atomic mass is 10.1. The van der Waals surface area contributed by atoms with Crippen LogP contribution in [0.5, 0.6) is 0 Å². The molecule has 1 aromatic carbocycles. The van der Waals surface area contributed by atoms with Gasteiger partial charge in [-0.05, 0) is 6.07 Å². The number of ether oxygens (including phenoxy) is 2. The first kappa shape index (κ1) is 17.6. The van der Waals surface area contributed by atoms with Crippen LogP contribution in [0.15, 0.2) is 41.3 Å². The van der Waals surface area contributed by atoms with Crippen molar-refractivity contribution in [3.63, 3.8) is 0 Å². The molecule has 0 aromatic heterocycles. The molecule has 0 saturated heterocycles. The first-order chi connectivity index (χ1) is 10.9. The highest BCUT2D eigenvalue weighted by atomic mass is 16.7. The molecule has 1 aromatic rings. The van der Waals surface area contributed by atoms with E-state index in [0.717, 1.165) is 14.2 Å². The van der Waals surface area contributed by atoms with Crippen molar-refractivity contribution in [3.8, 4) is 0 Å². The van der Waals surface area contributed by atoms with Gasteiger partial charge in [0.1, 0.15) is 0 Å². The zero-order valence-corrected chi connectivity index (χ0v) is 12.2. The summed E-state index contributed by atoms with van der Waals surface area (Å²) in [6.07, 6.45) is 0.696. The molecule has 2 N–H and O–H groups in total. The van der Waals surface area contributed by atoms with Gasteiger partial charge in [0.25, 0.3) is 5.69 Å². The first-order valence-electron chi connectivity index (χ1n) is 6.03. The van der Waals surface area contributed by atoms with E-state index in [9.17, 15) is 19.7 Å². The van der Waals surface area contributed by atoms with Gasteiger partial charge in [0.15, 0.2) is 5.84 Å². The van der Waals surface area contributed by atoms with E-state index in [1.165, 1.54) is 24.3 Å². The normalized spacial score (nSPS) is 11.6. The van der Waals surface area contributed by atoms with Crippen molar-refractivity contribution in [2.75, 3.05) is 14.2 Å². The molecule has 0 spiro atoms. The van der Waals surface area contributed by atoms with Gasteiger partial charge in [-0.15, -0.1) is 0 Å². The molecular weight excluding hydrogens is 310 g/mol. The van der Waals surface area contributed by atoms with Gasteiger partial charge in [0.05, 0.1) is 30.8 Å². The summed E-state index contributed by atoms with van der Waals surface area (Å²) in [5, 5.41) is 14.3. The number of carbonyl (C=O) groups excluding carboxylic acids is 2. The zero-order valence-electron chi connectivity index (χ0n) is 12.2. The Bertz CT molecular complexity index is 682. The highest BCUT2D eigenvalue weighted by molar-refractivity contribution is 6.01. The van der Waals surface area contributed by atoms with Crippen LogP contribution in [0.1, 0.15) is 5.56 Å². The number of esters is 2. The molecule has 0 aliphatic carbocycles. The quantitative estimate of drug-likeness (QED) is 0.151. The molecule has 1 rings (SSSR count). The van der Waals surface area contributed by atoms with E-state index >= 15 is 0 Å². The lowest BCUT2D eigenvalue weighted by Gasteiger charge is -2.04. The number of hydrogen-bond donors (Lipinski definition) is 1. The van der Waals surface area contributed by atoms with Crippen LogP contribution < -0.4 is 5.73 Å². The molecule has 0 fully saturated rings. The van der Waals surface area contributed by atoms with Crippen molar-refractivity contribution in [3.05, 3.63) is 51.8 Å². The van der Waals surface area contributed by atoms with Crippen LogP contribution in [0.3, 0.4) is 0 Å². The number of nitro groups is 1. The molecule has 0 amide bonds. The van der Waals surface area contributed by atoms with Crippen molar-refractivity contribution < 1.29 is 28.8 Å². The molecular formula is C13H13N3O7. The Kier molecular flexibility index (Phi) is 6.22.